The van der Waals surface area contributed by atoms with E-state index in [1.807, 2.05) is 24.3 Å². The molecule has 0 aliphatic rings. The smallest absolute Gasteiger partial charge is 0.142 e. The molecule has 1 atom stereocenters. The van der Waals surface area contributed by atoms with Crippen LogP contribution >= 0.6 is 11.6 Å². The molecule has 21 heavy (non-hydrogen) atoms. The summed E-state index contributed by atoms with van der Waals surface area (Å²) < 4.78 is 27.1. The summed E-state index contributed by atoms with van der Waals surface area (Å²) in [6.07, 6.45) is -0.891. The van der Waals surface area contributed by atoms with E-state index in [4.69, 9.17) is 11.6 Å². The van der Waals surface area contributed by atoms with Gasteiger partial charge in [0.1, 0.15) is 11.6 Å². The number of hydrogen-bond donors (Lipinski definition) is 1. The van der Waals surface area contributed by atoms with Gasteiger partial charge in [0.2, 0.25) is 0 Å². The maximum atomic E-state index is 13.7. The zero-order chi connectivity index (χ0) is 15.6. The molecule has 2 aromatic carbocycles. The van der Waals surface area contributed by atoms with Crippen molar-refractivity contribution in [1.29, 1.82) is 0 Å². The van der Waals surface area contributed by atoms with Crippen LogP contribution in [0.3, 0.4) is 0 Å². The zero-order valence-electron chi connectivity index (χ0n) is 11.9. The summed E-state index contributed by atoms with van der Waals surface area (Å²) in [6, 6.07) is 9.57. The minimum absolute atomic E-state index is 0.0789. The van der Waals surface area contributed by atoms with Crippen LogP contribution in [0.2, 0.25) is 5.02 Å². The molecule has 0 saturated carbocycles. The second kappa shape index (κ2) is 6.54. The summed E-state index contributed by atoms with van der Waals surface area (Å²) in [6.45, 7) is 4.19. The molecule has 1 N–H and O–H groups in total. The van der Waals surface area contributed by atoms with Gasteiger partial charge in [-0.25, -0.2) is 8.78 Å². The Kier molecular flexibility index (Phi) is 4.96. The van der Waals surface area contributed by atoms with E-state index in [1.54, 1.807) is 0 Å². The maximum Gasteiger partial charge on any atom is 0.142 e. The maximum absolute atomic E-state index is 13.7. The lowest BCUT2D eigenvalue weighted by molar-refractivity contribution is 0.173. The number of hydrogen-bond acceptors (Lipinski definition) is 1. The van der Waals surface area contributed by atoms with Gasteiger partial charge >= 0.3 is 0 Å². The number of aliphatic hydroxyl groups excluding tert-OH is 1. The lowest BCUT2D eigenvalue weighted by atomic mass is 9.97. The average Bonchev–Trinajstić information content (AvgIpc) is 2.43. The lowest BCUT2D eigenvalue weighted by Crippen LogP contribution is -2.05. The fourth-order valence-electron chi connectivity index (χ4n) is 2.17. The van der Waals surface area contributed by atoms with Crippen LogP contribution in [0.15, 0.2) is 36.4 Å². The van der Waals surface area contributed by atoms with Gasteiger partial charge in [-0.1, -0.05) is 49.7 Å². The van der Waals surface area contributed by atoms with Crippen molar-refractivity contribution in [2.45, 2.75) is 32.3 Å². The largest absolute Gasteiger partial charge is 0.388 e. The van der Waals surface area contributed by atoms with Crippen molar-refractivity contribution in [2.75, 3.05) is 0 Å². The Hall–Kier alpha value is -1.45. The molecule has 0 aliphatic heterocycles. The quantitative estimate of drug-likeness (QED) is 0.786. The second-order valence-electron chi connectivity index (χ2n) is 5.40. The van der Waals surface area contributed by atoms with Crippen LogP contribution in [0.4, 0.5) is 8.78 Å². The van der Waals surface area contributed by atoms with Gasteiger partial charge in [0, 0.05) is 12.0 Å². The van der Waals surface area contributed by atoms with Gasteiger partial charge in [0.05, 0.1) is 11.1 Å². The van der Waals surface area contributed by atoms with Crippen molar-refractivity contribution in [1.82, 2.24) is 0 Å². The standard InChI is InChI=1S/C17H17ClF2O/c1-10(2)12-5-3-11(4-6-12)7-17(21)13-8-16(20)14(18)9-15(13)19/h3-6,8-10,17,21H,7H2,1-2H3. The molecular weight excluding hydrogens is 294 g/mol. The van der Waals surface area contributed by atoms with E-state index in [1.165, 1.54) is 5.56 Å². The highest BCUT2D eigenvalue weighted by Gasteiger charge is 2.16. The van der Waals surface area contributed by atoms with Crippen LogP contribution in [0.1, 0.15) is 42.6 Å². The lowest BCUT2D eigenvalue weighted by Gasteiger charge is -2.13. The second-order valence-corrected chi connectivity index (χ2v) is 5.81. The third-order valence-electron chi connectivity index (χ3n) is 3.47. The van der Waals surface area contributed by atoms with Crippen LogP contribution < -0.4 is 0 Å². The molecule has 0 fully saturated rings. The van der Waals surface area contributed by atoms with E-state index in [-0.39, 0.29) is 17.0 Å². The third-order valence-corrected chi connectivity index (χ3v) is 3.76. The highest BCUT2D eigenvalue weighted by molar-refractivity contribution is 6.30. The Morgan fingerprint density at radius 3 is 2.24 bits per heavy atom. The minimum atomic E-state index is -1.11. The first-order valence-corrected chi connectivity index (χ1v) is 7.17. The van der Waals surface area contributed by atoms with Gasteiger partial charge in [0.15, 0.2) is 0 Å². The predicted octanol–water partition coefficient (Wildman–Crippen LogP) is 5.02. The van der Waals surface area contributed by atoms with Crippen molar-refractivity contribution in [3.63, 3.8) is 0 Å². The molecule has 0 radical (unpaired) electrons. The van der Waals surface area contributed by atoms with E-state index < -0.39 is 17.7 Å². The third kappa shape index (κ3) is 3.80. The fraction of sp³-hybridized carbons (Fsp3) is 0.294. The molecule has 0 heterocycles. The van der Waals surface area contributed by atoms with E-state index in [0.29, 0.717) is 5.92 Å². The Labute approximate surface area is 128 Å². The van der Waals surface area contributed by atoms with Gasteiger partial charge in [-0.15, -0.1) is 0 Å². The van der Waals surface area contributed by atoms with Crippen LogP contribution in [0.25, 0.3) is 0 Å². The Morgan fingerprint density at radius 2 is 1.67 bits per heavy atom. The van der Waals surface area contributed by atoms with Crippen molar-refractivity contribution in [2.24, 2.45) is 0 Å². The molecule has 1 unspecified atom stereocenters. The fourth-order valence-corrected chi connectivity index (χ4v) is 2.32. The first kappa shape index (κ1) is 15.9. The average molecular weight is 311 g/mol. The van der Waals surface area contributed by atoms with Crippen molar-refractivity contribution in [3.8, 4) is 0 Å². The highest BCUT2D eigenvalue weighted by atomic mass is 35.5. The molecule has 0 bridgehead atoms. The molecule has 4 heteroatoms. The van der Waals surface area contributed by atoms with Crippen molar-refractivity contribution >= 4 is 11.6 Å². The van der Waals surface area contributed by atoms with E-state index in [9.17, 15) is 13.9 Å². The molecule has 0 aromatic heterocycles. The normalized spacial score (nSPS) is 12.7. The molecule has 112 valence electrons. The number of halogens is 3. The van der Waals surface area contributed by atoms with E-state index in [2.05, 4.69) is 13.8 Å². The van der Waals surface area contributed by atoms with Gasteiger partial charge in [-0.05, 0) is 29.2 Å². The molecule has 1 nitrogen and oxygen atoms in total. The van der Waals surface area contributed by atoms with Crippen LogP contribution in [0, 0.1) is 11.6 Å². The summed E-state index contributed by atoms with van der Waals surface area (Å²) in [5.41, 5.74) is 1.98. The number of rotatable bonds is 4. The molecule has 0 spiro atoms. The summed E-state index contributed by atoms with van der Waals surface area (Å²) in [5.74, 6) is -1.01. The monoisotopic (exact) mass is 310 g/mol. The predicted molar refractivity (Wildman–Crippen MR) is 80.6 cm³/mol. The van der Waals surface area contributed by atoms with Crippen LogP contribution in [-0.4, -0.2) is 5.11 Å². The van der Waals surface area contributed by atoms with E-state index in [0.717, 1.165) is 17.7 Å². The summed E-state index contributed by atoms with van der Waals surface area (Å²) in [5, 5.41) is 9.81. The summed E-state index contributed by atoms with van der Waals surface area (Å²) >= 11 is 5.50. The minimum Gasteiger partial charge on any atom is -0.388 e. The van der Waals surface area contributed by atoms with Gasteiger partial charge in [-0.3, -0.25) is 0 Å². The van der Waals surface area contributed by atoms with Crippen molar-refractivity contribution < 1.29 is 13.9 Å². The zero-order valence-corrected chi connectivity index (χ0v) is 12.7. The molecule has 0 amide bonds. The first-order valence-electron chi connectivity index (χ1n) is 6.80. The number of aliphatic hydroxyl groups is 1. The first-order chi connectivity index (χ1) is 9.88. The van der Waals surface area contributed by atoms with Gasteiger partial charge < -0.3 is 5.11 Å². The summed E-state index contributed by atoms with van der Waals surface area (Å²) in [4.78, 5) is 0. The Bertz CT molecular complexity index is 623. The molecule has 0 saturated heterocycles. The topological polar surface area (TPSA) is 20.2 Å². The molecule has 2 aromatic rings. The van der Waals surface area contributed by atoms with Crippen molar-refractivity contribution in [3.05, 3.63) is 69.7 Å². The van der Waals surface area contributed by atoms with Gasteiger partial charge in [-0.2, -0.15) is 0 Å². The molecular formula is C17H17ClF2O. The van der Waals surface area contributed by atoms with Crippen LogP contribution in [0.5, 0.6) is 0 Å². The molecule has 0 aliphatic carbocycles. The van der Waals surface area contributed by atoms with E-state index >= 15 is 0 Å². The summed E-state index contributed by atoms with van der Waals surface area (Å²) in [7, 11) is 0. The van der Waals surface area contributed by atoms with Crippen LogP contribution in [-0.2, 0) is 6.42 Å². The SMILES string of the molecule is CC(C)c1ccc(CC(O)c2cc(F)c(Cl)cc2F)cc1. The molecule has 2 rings (SSSR count). The van der Waals surface area contributed by atoms with Gasteiger partial charge in [0.25, 0.3) is 0 Å². The Balaban J connectivity index is 2.17. The highest BCUT2D eigenvalue weighted by Crippen LogP contribution is 2.26. The number of benzene rings is 2. The Morgan fingerprint density at radius 1 is 1.05 bits per heavy atom.